The summed E-state index contributed by atoms with van der Waals surface area (Å²) in [5, 5.41) is 6.15. The van der Waals surface area contributed by atoms with Crippen LogP contribution in [0.4, 0.5) is 0 Å². The molecule has 0 aromatic rings. The minimum absolute atomic E-state index is 0.291. The second-order valence-corrected chi connectivity index (χ2v) is 6.41. The van der Waals surface area contributed by atoms with Crippen LogP contribution in [0.2, 0.25) is 0 Å². The molecule has 1 unspecified atom stereocenters. The summed E-state index contributed by atoms with van der Waals surface area (Å²) in [5.41, 5.74) is 0. The molecule has 0 spiro atoms. The summed E-state index contributed by atoms with van der Waals surface area (Å²) in [4.78, 5) is 0. The van der Waals surface area contributed by atoms with Gasteiger partial charge >= 0.3 is 0 Å². The molecule has 0 aliphatic rings. The highest BCUT2D eigenvalue weighted by atomic mass is 32.2. The Morgan fingerprint density at radius 3 is 2.27 bits per heavy atom. The summed E-state index contributed by atoms with van der Waals surface area (Å²) < 4.78 is 22.2. The van der Waals surface area contributed by atoms with Crippen LogP contribution in [-0.2, 0) is 9.84 Å². The SMILES string of the molecule is CCCNCCCNCC(C)S(C)(=O)=O. The molecule has 0 aromatic carbocycles. The van der Waals surface area contributed by atoms with E-state index in [2.05, 4.69) is 17.6 Å². The Morgan fingerprint density at radius 1 is 1.13 bits per heavy atom. The molecule has 0 saturated carbocycles. The van der Waals surface area contributed by atoms with Crippen molar-refractivity contribution in [2.75, 3.05) is 32.4 Å². The van der Waals surface area contributed by atoms with Crippen LogP contribution in [0, 0.1) is 0 Å². The van der Waals surface area contributed by atoms with E-state index >= 15 is 0 Å². The first-order valence-electron chi connectivity index (χ1n) is 5.58. The molecular formula is C10H24N2O2S. The van der Waals surface area contributed by atoms with E-state index in [0.29, 0.717) is 6.54 Å². The van der Waals surface area contributed by atoms with Crippen LogP contribution < -0.4 is 10.6 Å². The summed E-state index contributed by atoms with van der Waals surface area (Å²) in [6.07, 6.45) is 3.47. The molecule has 92 valence electrons. The van der Waals surface area contributed by atoms with E-state index in [4.69, 9.17) is 0 Å². The Labute approximate surface area is 93.7 Å². The first-order chi connectivity index (χ1) is 6.98. The Kier molecular flexibility index (Phi) is 8.00. The Morgan fingerprint density at radius 2 is 1.73 bits per heavy atom. The quantitative estimate of drug-likeness (QED) is 0.569. The largest absolute Gasteiger partial charge is 0.317 e. The second-order valence-electron chi connectivity index (χ2n) is 3.95. The van der Waals surface area contributed by atoms with Gasteiger partial charge in [0.1, 0.15) is 0 Å². The van der Waals surface area contributed by atoms with Gasteiger partial charge in [-0.3, -0.25) is 0 Å². The standard InChI is InChI=1S/C10H24N2O2S/c1-4-6-11-7-5-8-12-9-10(2)15(3,13)14/h10-12H,4-9H2,1-3H3. The highest BCUT2D eigenvalue weighted by Crippen LogP contribution is 1.95. The minimum Gasteiger partial charge on any atom is -0.317 e. The van der Waals surface area contributed by atoms with Gasteiger partial charge in [0.2, 0.25) is 0 Å². The molecule has 0 aliphatic heterocycles. The van der Waals surface area contributed by atoms with Crippen molar-refractivity contribution in [3.8, 4) is 0 Å². The van der Waals surface area contributed by atoms with E-state index in [1.807, 2.05) is 0 Å². The van der Waals surface area contributed by atoms with Gasteiger partial charge in [0.05, 0.1) is 5.25 Å². The lowest BCUT2D eigenvalue weighted by Gasteiger charge is -2.10. The highest BCUT2D eigenvalue weighted by molar-refractivity contribution is 7.91. The Hall–Kier alpha value is -0.130. The molecule has 0 fully saturated rings. The molecule has 0 bridgehead atoms. The van der Waals surface area contributed by atoms with E-state index in [0.717, 1.165) is 32.5 Å². The fourth-order valence-electron chi connectivity index (χ4n) is 1.10. The molecule has 0 aromatic heterocycles. The van der Waals surface area contributed by atoms with Crippen molar-refractivity contribution in [1.82, 2.24) is 10.6 Å². The van der Waals surface area contributed by atoms with E-state index in [1.54, 1.807) is 6.92 Å². The third kappa shape index (κ3) is 8.84. The maximum absolute atomic E-state index is 11.1. The van der Waals surface area contributed by atoms with Crippen molar-refractivity contribution in [1.29, 1.82) is 0 Å². The van der Waals surface area contributed by atoms with Gasteiger partial charge in [-0.15, -0.1) is 0 Å². The van der Waals surface area contributed by atoms with Crippen LogP contribution in [0.15, 0.2) is 0 Å². The molecule has 4 nitrogen and oxygen atoms in total. The average Bonchev–Trinajstić information content (AvgIpc) is 2.14. The van der Waals surface area contributed by atoms with Gasteiger partial charge in [0.25, 0.3) is 0 Å². The lowest BCUT2D eigenvalue weighted by molar-refractivity contribution is 0.564. The third-order valence-electron chi connectivity index (χ3n) is 2.30. The normalized spacial score (nSPS) is 14.1. The molecule has 0 aliphatic carbocycles. The molecule has 0 heterocycles. The van der Waals surface area contributed by atoms with Gasteiger partial charge in [-0.2, -0.15) is 0 Å². The predicted molar refractivity (Wildman–Crippen MR) is 65.0 cm³/mol. The van der Waals surface area contributed by atoms with Crippen LogP contribution in [-0.4, -0.2) is 46.1 Å². The molecular weight excluding hydrogens is 212 g/mol. The Balaban J connectivity index is 3.32. The summed E-state index contributed by atoms with van der Waals surface area (Å²) in [6, 6.07) is 0. The fourth-order valence-corrected chi connectivity index (χ4v) is 1.52. The monoisotopic (exact) mass is 236 g/mol. The lowest BCUT2D eigenvalue weighted by atomic mass is 10.4. The summed E-state index contributed by atoms with van der Waals surface area (Å²) in [6.45, 7) is 7.34. The third-order valence-corrected chi connectivity index (χ3v) is 3.93. The first kappa shape index (κ1) is 14.9. The molecule has 1 atom stereocenters. The zero-order valence-electron chi connectivity index (χ0n) is 10.0. The van der Waals surface area contributed by atoms with Crippen molar-refractivity contribution in [2.45, 2.75) is 31.9 Å². The summed E-state index contributed by atoms with van der Waals surface area (Å²) in [5.74, 6) is 0. The summed E-state index contributed by atoms with van der Waals surface area (Å²) >= 11 is 0. The highest BCUT2D eigenvalue weighted by Gasteiger charge is 2.13. The van der Waals surface area contributed by atoms with Crippen LogP contribution >= 0.6 is 0 Å². The predicted octanol–water partition coefficient (Wildman–Crippen LogP) is 0.399. The first-order valence-corrected chi connectivity index (χ1v) is 7.54. The average molecular weight is 236 g/mol. The molecule has 2 N–H and O–H groups in total. The number of rotatable bonds is 9. The van der Waals surface area contributed by atoms with Gasteiger partial charge in [-0.05, 0) is 39.4 Å². The van der Waals surface area contributed by atoms with Gasteiger partial charge in [0.15, 0.2) is 9.84 Å². The van der Waals surface area contributed by atoms with E-state index in [-0.39, 0.29) is 5.25 Å². The number of hydrogen-bond acceptors (Lipinski definition) is 4. The van der Waals surface area contributed by atoms with E-state index < -0.39 is 9.84 Å². The van der Waals surface area contributed by atoms with Crippen molar-refractivity contribution in [3.63, 3.8) is 0 Å². The van der Waals surface area contributed by atoms with Gasteiger partial charge in [-0.25, -0.2) is 8.42 Å². The number of sulfone groups is 1. The zero-order chi connectivity index (χ0) is 11.7. The van der Waals surface area contributed by atoms with Crippen LogP contribution in [0.5, 0.6) is 0 Å². The van der Waals surface area contributed by atoms with Gasteiger partial charge in [0, 0.05) is 12.8 Å². The van der Waals surface area contributed by atoms with Crippen molar-refractivity contribution in [2.24, 2.45) is 0 Å². The molecule has 0 saturated heterocycles. The maximum atomic E-state index is 11.1. The zero-order valence-corrected chi connectivity index (χ0v) is 10.9. The Bertz CT molecular complexity index is 240. The van der Waals surface area contributed by atoms with Crippen molar-refractivity contribution < 1.29 is 8.42 Å². The smallest absolute Gasteiger partial charge is 0.151 e. The van der Waals surface area contributed by atoms with Crippen LogP contribution in [0.1, 0.15) is 26.7 Å². The molecule has 0 amide bonds. The molecule has 0 rings (SSSR count). The lowest BCUT2D eigenvalue weighted by Crippen LogP contribution is -2.32. The second kappa shape index (κ2) is 8.07. The number of hydrogen-bond donors (Lipinski definition) is 2. The van der Waals surface area contributed by atoms with Crippen LogP contribution in [0.25, 0.3) is 0 Å². The molecule has 5 heteroatoms. The van der Waals surface area contributed by atoms with E-state index in [1.165, 1.54) is 6.26 Å². The van der Waals surface area contributed by atoms with Crippen LogP contribution in [0.3, 0.4) is 0 Å². The fraction of sp³-hybridized carbons (Fsp3) is 1.00. The molecule has 0 radical (unpaired) electrons. The van der Waals surface area contributed by atoms with Gasteiger partial charge < -0.3 is 10.6 Å². The number of nitrogens with one attached hydrogen (secondary N) is 2. The van der Waals surface area contributed by atoms with Crippen molar-refractivity contribution >= 4 is 9.84 Å². The maximum Gasteiger partial charge on any atom is 0.151 e. The minimum atomic E-state index is -2.88. The topological polar surface area (TPSA) is 58.2 Å². The van der Waals surface area contributed by atoms with Crippen molar-refractivity contribution in [3.05, 3.63) is 0 Å². The van der Waals surface area contributed by atoms with Gasteiger partial charge in [-0.1, -0.05) is 6.92 Å². The van der Waals surface area contributed by atoms with E-state index in [9.17, 15) is 8.42 Å². The summed E-state index contributed by atoms with van der Waals surface area (Å²) in [7, 11) is -2.88. The molecule has 15 heavy (non-hydrogen) atoms.